The maximum Gasteiger partial charge on any atom is 0.321 e. The van der Waals surface area contributed by atoms with Crippen LogP contribution in [0.4, 0.5) is 0 Å². The van der Waals surface area contributed by atoms with Crippen LogP contribution in [-0.4, -0.2) is 27.4 Å². The Bertz CT molecular complexity index is 923. The molecule has 1 aromatic heterocycles. The zero-order chi connectivity index (χ0) is 17.4. The summed E-state index contributed by atoms with van der Waals surface area (Å²) in [5.41, 5.74) is 3.46. The Morgan fingerprint density at radius 1 is 1.24 bits per heavy atom. The summed E-state index contributed by atoms with van der Waals surface area (Å²) in [6.07, 6.45) is 2.13. The van der Waals surface area contributed by atoms with E-state index in [0.717, 1.165) is 28.0 Å². The van der Waals surface area contributed by atoms with Crippen LogP contribution in [0, 0.1) is 0 Å². The van der Waals surface area contributed by atoms with Crippen LogP contribution in [0.15, 0.2) is 54.7 Å². The van der Waals surface area contributed by atoms with E-state index in [1.807, 2.05) is 36.4 Å². The fourth-order valence-electron chi connectivity index (χ4n) is 3.19. The molecular formula is C19H17ClN2O2S. The Hall–Kier alpha value is -1.95. The number of carboxylic acids is 1. The van der Waals surface area contributed by atoms with Crippen LogP contribution < -0.4 is 5.32 Å². The predicted molar refractivity (Wildman–Crippen MR) is 102 cm³/mol. The van der Waals surface area contributed by atoms with Crippen molar-refractivity contribution in [2.45, 2.75) is 18.0 Å². The predicted octanol–water partition coefficient (Wildman–Crippen LogP) is 4.13. The lowest BCUT2D eigenvalue weighted by molar-refractivity contribution is -0.138. The van der Waals surface area contributed by atoms with Crippen molar-refractivity contribution in [3.05, 3.63) is 70.9 Å². The first kappa shape index (κ1) is 16.5. The molecule has 2 atom stereocenters. The normalized spacial score (nSPS) is 20.2. The van der Waals surface area contributed by atoms with Crippen LogP contribution in [0.25, 0.3) is 10.9 Å². The number of nitrogens with zero attached hydrogens (tertiary/aromatic N) is 1. The number of hydrogen-bond acceptors (Lipinski definition) is 3. The molecule has 0 spiro atoms. The summed E-state index contributed by atoms with van der Waals surface area (Å²) >= 11 is 7.62. The lowest BCUT2D eigenvalue weighted by Crippen LogP contribution is -2.33. The SMILES string of the molecule is O=C(O)[C@H]1CS[C@@H](c2cn(Cc3ccc(Cl)cc3)c3ccccc23)N1. The Balaban J connectivity index is 1.69. The zero-order valence-electron chi connectivity index (χ0n) is 13.4. The number of aliphatic carboxylic acids is 1. The summed E-state index contributed by atoms with van der Waals surface area (Å²) < 4.78 is 2.21. The molecule has 0 bridgehead atoms. The second-order valence-corrected chi connectivity index (χ2v) is 7.70. The maximum atomic E-state index is 11.2. The van der Waals surface area contributed by atoms with E-state index in [9.17, 15) is 9.90 Å². The van der Waals surface area contributed by atoms with Crippen molar-refractivity contribution >= 4 is 40.2 Å². The van der Waals surface area contributed by atoms with E-state index < -0.39 is 12.0 Å². The Labute approximate surface area is 154 Å². The molecule has 1 aliphatic rings. The summed E-state index contributed by atoms with van der Waals surface area (Å²) in [4.78, 5) is 11.2. The van der Waals surface area contributed by atoms with Crippen LogP contribution in [0.1, 0.15) is 16.5 Å². The first-order valence-electron chi connectivity index (χ1n) is 8.04. The molecule has 0 radical (unpaired) electrons. The van der Waals surface area contributed by atoms with Gasteiger partial charge in [-0.2, -0.15) is 0 Å². The molecule has 1 saturated heterocycles. The topological polar surface area (TPSA) is 54.3 Å². The van der Waals surface area contributed by atoms with Gasteiger partial charge in [0, 0.05) is 40.0 Å². The molecule has 2 heterocycles. The fraction of sp³-hybridized carbons (Fsp3) is 0.211. The van der Waals surface area contributed by atoms with Crippen LogP contribution in [0.5, 0.6) is 0 Å². The second kappa shape index (κ2) is 6.75. The number of halogens is 1. The molecule has 2 aromatic carbocycles. The summed E-state index contributed by atoms with van der Waals surface area (Å²) in [7, 11) is 0. The highest BCUT2D eigenvalue weighted by atomic mass is 35.5. The molecule has 1 aliphatic heterocycles. The van der Waals surface area contributed by atoms with E-state index in [-0.39, 0.29) is 5.37 Å². The Morgan fingerprint density at radius 2 is 2.00 bits per heavy atom. The molecule has 2 N–H and O–H groups in total. The van der Waals surface area contributed by atoms with Gasteiger partial charge in [-0.05, 0) is 23.8 Å². The monoisotopic (exact) mass is 372 g/mol. The summed E-state index contributed by atoms with van der Waals surface area (Å²) in [5, 5.41) is 14.3. The quantitative estimate of drug-likeness (QED) is 0.723. The zero-order valence-corrected chi connectivity index (χ0v) is 14.9. The first-order valence-corrected chi connectivity index (χ1v) is 9.47. The number of rotatable bonds is 4. The van der Waals surface area contributed by atoms with Crippen LogP contribution >= 0.6 is 23.4 Å². The van der Waals surface area contributed by atoms with Gasteiger partial charge in [0.2, 0.25) is 0 Å². The molecular weight excluding hydrogens is 356 g/mol. The first-order chi connectivity index (χ1) is 12.1. The molecule has 0 saturated carbocycles. The van der Waals surface area contributed by atoms with Gasteiger partial charge in [-0.1, -0.05) is 41.9 Å². The fourth-order valence-corrected chi connectivity index (χ4v) is 4.57. The van der Waals surface area contributed by atoms with Crippen molar-refractivity contribution in [2.75, 3.05) is 5.75 Å². The number of nitrogens with one attached hydrogen (secondary N) is 1. The van der Waals surface area contributed by atoms with E-state index in [2.05, 4.69) is 28.2 Å². The summed E-state index contributed by atoms with van der Waals surface area (Å²) in [6, 6.07) is 15.6. The third kappa shape index (κ3) is 3.27. The van der Waals surface area contributed by atoms with Crippen LogP contribution in [0.3, 0.4) is 0 Å². The second-order valence-electron chi connectivity index (χ2n) is 6.13. The molecule has 4 nitrogen and oxygen atoms in total. The lowest BCUT2D eigenvalue weighted by atomic mass is 10.1. The van der Waals surface area contributed by atoms with Gasteiger partial charge < -0.3 is 9.67 Å². The van der Waals surface area contributed by atoms with E-state index >= 15 is 0 Å². The Morgan fingerprint density at radius 3 is 2.72 bits per heavy atom. The third-order valence-electron chi connectivity index (χ3n) is 4.45. The average molecular weight is 373 g/mol. The van der Waals surface area contributed by atoms with Gasteiger partial charge in [0.1, 0.15) is 6.04 Å². The highest BCUT2D eigenvalue weighted by molar-refractivity contribution is 7.99. The van der Waals surface area contributed by atoms with Gasteiger partial charge in [0.05, 0.1) is 5.37 Å². The van der Waals surface area contributed by atoms with E-state index in [0.29, 0.717) is 5.75 Å². The smallest absolute Gasteiger partial charge is 0.321 e. The number of para-hydroxylation sites is 1. The minimum Gasteiger partial charge on any atom is -0.480 e. The molecule has 0 unspecified atom stereocenters. The number of aromatic nitrogens is 1. The number of hydrogen-bond donors (Lipinski definition) is 2. The largest absolute Gasteiger partial charge is 0.480 e. The maximum absolute atomic E-state index is 11.2. The van der Waals surface area contributed by atoms with Crippen molar-refractivity contribution in [3.8, 4) is 0 Å². The average Bonchev–Trinajstić information content (AvgIpc) is 3.22. The number of thioether (sulfide) groups is 1. The summed E-state index contributed by atoms with van der Waals surface area (Å²) in [6.45, 7) is 0.747. The lowest BCUT2D eigenvalue weighted by Gasteiger charge is -2.09. The van der Waals surface area contributed by atoms with Gasteiger partial charge in [0.15, 0.2) is 0 Å². The van der Waals surface area contributed by atoms with Crippen molar-refractivity contribution in [3.63, 3.8) is 0 Å². The van der Waals surface area contributed by atoms with E-state index in [4.69, 9.17) is 11.6 Å². The van der Waals surface area contributed by atoms with Crippen LogP contribution in [-0.2, 0) is 11.3 Å². The third-order valence-corrected chi connectivity index (χ3v) is 5.95. The number of benzene rings is 2. The summed E-state index contributed by atoms with van der Waals surface area (Å²) in [5.74, 6) is -0.212. The molecule has 128 valence electrons. The molecule has 3 aromatic rings. The highest BCUT2D eigenvalue weighted by Gasteiger charge is 2.31. The molecule has 25 heavy (non-hydrogen) atoms. The van der Waals surface area contributed by atoms with Crippen molar-refractivity contribution in [1.82, 2.24) is 9.88 Å². The van der Waals surface area contributed by atoms with Crippen molar-refractivity contribution in [1.29, 1.82) is 0 Å². The van der Waals surface area contributed by atoms with Gasteiger partial charge in [-0.3, -0.25) is 10.1 Å². The number of fused-ring (bicyclic) bond motifs is 1. The number of carboxylic acid groups (broad SMARTS) is 1. The molecule has 4 rings (SSSR count). The van der Waals surface area contributed by atoms with Gasteiger partial charge in [0.25, 0.3) is 0 Å². The van der Waals surface area contributed by atoms with E-state index in [1.165, 1.54) is 5.56 Å². The van der Waals surface area contributed by atoms with E-state index in [1.54, 1.807) is 11.8 Å². The van der Waals surface area contributed by atoms with Crippen molar-refractivity contribution in [2.24, 2.45) is 0 Å². The van der Waals surface area contributed by atoms with Crippen LogP contribution in [0.2, 0.25) is 5.02 Å². The minimum atomic E-state index is -0.792. The van der Waals surface area contributed by atoms with Gasteiger partial charge >= 0.3 is 5.97 Å². The highest BCUT2D eigenvalue weighted by Crippen LogP contribution is 2.37. The Kier molecular flexibility index (Phi) is 4.46. The number of carbonyl (C=O) groups is 1. The van der Waals surface area contributed by atoms with Crippen molar-refractivity contribution < 1.29 is 9.90 Å². The minimum absolute atomic E-state index is 0.00234. The standard InChI is InChI=1S/C19H17ClN2O2S/c20-13-7-5-12(6-8-13)9-22-10-15(14-3-1-2-4-17(14)22)18-21-16(11-25-18)19(23)24/h1-8,10,16,18,21H,9,11H2,(H,23,24)/t16-,18+/m1/s1. The molecule has 0 aliphatic carbocycles. The van der Waals surface area contributed by atoms with Gasteiger partial charge in [-0.15, -0.1) is 11.8 Å². The van der Waals surface area contributed by atoms with Gasteiger partial charge in [-0.25, -0.2) is 0 Å². The molecule has 1 fully saturated rings. The molecule has 6 heteroatoms. The molecule has 0 amide bonds.